The van der Waals surface area contributed by atoms with Crippen molar-refractivity contribution in [3.63, 3.8) is 0 Å². The molecule has 116 valence electrons. The Balaban J connectivity index is 2.50. The molecule has 0 aliphatic heterocycles. The van der Waals surface area contributed by atoms with Crippen molar-refractivity contribution in [1.82, 2.24) is 4.98 Å². The normalized spacial score (nSPS) is 10.3. The van der Waals surface area contributed by atoms with Gasteiger partial charge in [-0.05, 0) is 19.9 Å². The van der Waals surface area contributed by atoms with Crippen LogP contribution in [-0.2, 0) is 4.74 Å². The average Bonchev–Trinajstić information content (AvgIpc) is 2.97. The number of aromatic nitrogens is 1. The fourth-order valence-electron chi connectivity index (χ4n) is 1.87. The van der Waals surface area contributed by atoms with Crippen LogP contribution in [0, 0.1) is 10.1 Å². The number of carbonyl (C=O) groups excluding carboxylic acids is 1. The Bertz CT molecular complexity index is 694. The quantitative estimate of drug-likeness (QED) is 0.459. The number of hydrogen-bond acceptors (Lipinski definition) is 7. The Morgan fingerprint density at radius 2 is 2.14 bits per heavy atom. The average molecular weight is 306 g/mol. The lowest BCUT2D eigenvalue weighted by Gasteiger charge is -2.09. The van der Waals surface area contributed by atoms with Crippen molar-refractivity contribution in [2.45, 2.75) is 13.8 Å². The van der Waals surface area contributed by atoms with Gasteiger partial charge in [0.25, 0.3) is 5.69 Å². The largest absolute Gasteiger partial charge is 0.493 e. The van der Waals surface area contributed by atoms with Crippen molar-refractivity contribution in [2.75, 3.05) is 13.2 Å². The maximum Gasteiger partial charge on any atom is 0.360 e. The van der Waals surface area contributed by atoms with Crippen molar-refractivity contribution in [3.05, 3.63) is 40.4 Å². The predicted octanol–water partition coefficient (Wildman–Crippen LogP) is 2.83. The number of nitrogens with zero attached hydrogens (tertiary/aromatic N) is 2. The molecule has 2 rings (SSSR count). The molecule has 0 radical (unpaired) electrons. The van der Waals surface area contributed by atoms with Gasteiger partial charge < -0.3 is 13.9 Å². The number of nitro groups is 1. The van der Waals surface area contributed by atoms with E-state index in [4.69, 9.17) is 13.9 Å². The van der Waals surface area contributed by atoms with Crippen LogP contribution < -0.4 is 4.74 Å². The number of non-ortho nitro benzene ring substituents is 1. The molecule has 1 aromatic heterocycles. The zero-order valence-corrected chi connectivity index (χ0v) is 12.1. The number of ether oxygens (including phenoxy) is 2. The SMILES string of the molecule is CCOC(=O)c1ncoc1-c1ccc([N+](=O)[O-])cc1OCC. The molecule has 0 fully saturated rings. The van der Waals surface area contributed by atoms with E-state index >= 15 is 0 Å². The van der Waals surface area contributed by atoms with Gasteiger partial charge in [0, 0.05) is 6.07 Å². The minimum Gasteiger partial charge on any atom is -0.493 e. The molecule has 0 saturated carbocycles. The summed E-state index contributed by atoms with van der Waals surface area (Å²) in [6.45, 7) is 3.92. The second kappa shape index (κ2) is 6.70. The Kier molecular flexibility index (Phi) is 4.72. The van der Waals surface area contributed by atoms with Crippen LogP contribution in [0.5, 0.6) is 5.75 Å². The monoisotopic (exact) mass is 306 g/mol. The third kappa shape index (κ3) is 3.05. The summed E-state index contributed by atoms with van der Waals surface area (Å²) in [7, 11) is 0. The van der Waals surface area contributed by atoms with Crippen molar-refractivity contribution >= 4 is 11.7 Å². The highest BCUT2D eigenvalue weighted by molar-refractivity contribution is 5.94. The zero-order chi connectivity index (χ0) is 16.1. The smallest absolute Gasteiger partial charge is 0.360 e. The molecule has 0 spiro atoms. The lowest BCUT2D eigenvalue weighted by molar-refractivity contribution is -0.384. The van der Waals surface area contributed by atoms with Crippen LogP contribution in [0.25, 0.3) is 11.3 Å². The topological polar surface area (TPSA) is 105 Å². The van der Waals surface area contributed by atoms with Gasteiger partial charge in [0.05, 0.1) is 29.8 Å². The predicted molar refractivity (Wildman–Crippen MR) is 75.7 cm³/mol. The van der Waals surface area contributed by atoms with Gasteiger partial charge in [-0.3, -0.25) is 10.1 Å². The van der Waals surface area contributed by atoms with Crippen LogP contribution in [0.4, 0.5) is 5.69 Å². The number of oxazole rings is 1. The van der Waals surface area contributed by atoms with Crippen molar-refractivity contribution in [1.29, 1.82) is 0 Å². The summed E-state index contributed by atoms with van der Waals surface area (Å²) in [5, 5.41) is 10.9. The van der Waals surface area contributed by atoms with Crippen molar-refractivity contribution in [2.24, 2.45) is 0 Å². The van der Waals surface area contributed by atoms with Gasteiger partial charge in [-0.1, -0.05) is 0 Å². The molecular formula is C14H14N2O6. The van der Waals surface area contributed by atoms with Gasteiger partial charge in [0.15, 0.2) is 17.8 Å². The standard InChI is InChI=1S/C14H14N2O6/c1-3-20-11-7-9(16(18)19)5-6-10(11)13-12(15-8-22-13)14(17)21-4-2/h5-8H,3-4H2,1-2H3. The Morgan fingerprint density at radius 3 is 2.77 bits per heavy atom. The molecule has 0 amide bonds. The van der Waals surface area contributed by atoms with Gasteiger partial charge in [-0.2, -0.15) is 0 Å². The van der Waals surface area contributed by atoms with Gasteiger partial charge in [-0.25, -0.2) is 9.78 Å². The molecule has 1 aromatic carbocycles. The van der Waals surface area contributed by atoms with Crippen molar-refractivity contribution in [3.8, 4) is 17.1 Å². The maximum atomic E-state index is 11.9. The molecule has 0 aliphatic carbocycles. The molecular weight excluding hydrogens is 292 g/mol. The number of hydrogen-bond donors (Lipinski definition) is 0. The van der Waals surface area contributed by atoms with Gasteiger partial charge in [0.1, 0.15) is 5.75 Å². The summed E-state index contributed by atoms with van der Waals surface area (Å²) in [6, 6.07) is 4.03. The highest BCUT2D eigenvalue weighted by Gasteiger charge is 2.23. The molecule has 0 bridgehead atoms. The van der Waals surface area contributed by atoms with Crippen LogP contribution >= 0.6 is 0 Å². The number of benzene rings is 1. The molecule has 0 aliphatic rings. The first-order valence-corrected chi connectivity index (χ1v) is 6.60. The molecule has 8 nitrogen and oxygen atoms in total. The van der Waals surface area contributed by atoms with E-state index in [0.717, 1.165) is 6.39 Å². The maximum absolute atomic E-state index is 11.9. The third-order valence-corrected chi connectivity index (χ3v) is 2.76. The van der Waals surface area contributed by atoms with Crippen LogP contribution in [-0.4, -0.2) is 29.1 Å². The van der Waals surface area contributed by atoms with Gasteiger partial charge in [-0.15, -0.1) is 0 Å². The zero-order valence-electron chi connectivity index (χ0n) is 12.1. The first kappa shape index (κ1) is 15.5. The van der Waals surface area contributed by atoms with Crippen LogP contribution in [0.2, 0.25) is 0 Å². The number of esters is 1. The van der Waals surface area contributed by atoms with Crippen molar-refractivity contribution < 1.29 is 23.6 Å². The molecule has 22 heavy (non-hydrogen) atoms. The summed E-state index contributed by atoms with van der Waals surface area (Å²) in [6.07, 6.45) is 1.11. The second-order valence-electron chi connectivity index (χ2n) is 4.12. The summed E-state index contributed by atoms with van der Waals surface area (Å²) in [5.74, 6) is -0.247. The van der Waals surface area contributed by atoms with E-state index in [1.54, 1.807) is 13.8 Å². The molecule has 0 saturated heterocycles. The summed E-state index contributed by atoms with van der Waals surface area (Å²) >= 11 is 0. The lowest BCUT2D eigenvalue weighted by Crippen LogP contribution is -2.07. The number of rotatable bonds is 6. The minimum atomic E-state index is -0.632. The van der Waals surface area contributed by atoms with E-state index in [0.29, 0.717) is 12.2 Å². The summed E-state index contributed by atoms with van der Waals surface area (Å²) < 4.78 is 15.5. The fourth-order valence-corrected chi connectivity index (χ4v) is 1.87. The van der Waals surface area contributed by atoms with E-state index in [-0.39, 0.29) is 29.5 Å². The highest BCUT2D eigenvalue weighted by Crippen LogP contribution is 2.35. The van der Waals surface area contributed by atoms with E-state index in [2.05, 4.69) is 4.98 Å². The van der Waals surface area contributed by atoms with Crippen LogP contribution in [0.15, 0.2) is 29.0 Å². The Labute approximate surface area is 125 Å². The number of carbonyl (C=O) groups is 1. The molecule has 2 aromatic rings. The van der Waals surface area contributed by atoms with E-state index in [1.807, 2.05) is 0 Å². The minimum absolute atomic E-state index is 0.00310. The van der Waals surface area contributed by atoms with Crippen LogP contribution in [0.1, 0.15) is 24.3 Å². The number of nitro benzene ring substituents is 1. The second-order valence-corrected chi connectivity index (χ2v) is 4.12. The van der Waals surface area contributed by atoms with E-state index in [1.165, 1.54) is 18.2 Å². The summed E-state index contributed by atoms with van der Waals surface area (Å²) in [4.78, 5) is 26.0. The lowest BCUT2D eigenvalue weighted by atomic mass is 10.1. The molecule has 0 unspecified atom stereocenters. The van der Waals surface area contributed by atoms with Gasteiger partial charge in [0.2, 0.25) is 0 Å². The summed E-state index contributed by atoms with van der Waals surface area (Å²) in [5.41, 5.74) is 0.272. The Hall–Kier alpha value is -2.90. The third-order valence-electron chi connectivity index (χ3n) is 2.76. The molecule has 0 N–H and O–H groups in total. The van der Waals surface area contributed by atoms with Gasteiger partial charge >= 0.3 is 5.97 Å². The first-order valence-electron chi connectivity index (χ1n) is 6.60. The van der Waals surface area contributed by atoms with E-state index < -0.39 is 10.9 Å². The fraction of sp³-hybridized carbons (Fsp3) is 0.286. The first-order chi connectivity index (χ1) is 10.6. The van der Waals surface area contributed by atoms with E-state index in [9.17, 15) is 14.9 Å². The molecule has 8 heteroatoms. The molecule has 1 heterocycles. The van der Waals surface area contributed by atoms with Crippen LogP contribution in [0.3, 0.4) is 0 Å². The highest BCUT2D eigenvalue weighted by atomic mass is 16.6. The Morgan fingerprint density at radius 1 is 1.36 bits per heavy atom. The molecule has 0 atom stereocenters.